The van der Waals surface area contributed by atoms with Crippen molar-refractivity contribution in [1.82, 2.24) is 4.90 Å². The molecule has 0 aliphatic carbocycles. The van der Waals surface area contributed by atoms with Crippen LogP contribution in [-0.2, 0) is 22.8 Å². The first-order chi connectivity index (χ1) is 11.9. The summed E-state index contributed by atoms with van der Waals surface area (Å²) >= 11 is 0. The minimum Gasteiger partial charge on any atom is -0.477 e. The van der Waals surface area contributed by atoms with E-state index in [2.05, 4.69) is 4.90 Å². The number of ether oxygens (including phenoxy) is 1. The number of rotatable bonds is 2. The Kier molecular flexibility index (Phi) is 3.88. The third-order valence-corrected chi connectivity index (χ3v) is 6.98. The van der Waals surface area contributed by atoms with Crippen LogP contribution in [0.1, 0.15) is 30.0 Å². The molecule has 2 aromatic rings. The fraction of sp³-hybridized carbons (Fsp3) is 0.500. The van der Waals surface area contributed by atoms with Gasteiger partial charge < -0.3 is 9.15 Å². The zero-order valence-corrected chi connectivity index (χ0v) is 15.2. The summed E-state index contributed by atoms with van der Waals surface area (Å²) in [6.07, 6.45) is 1.40. The summed E-state index contributed by atoms with van der Waals surface area (Å²) in [6, 6.07) is 3.57. The van der Waals surface area contributed by atoms with Gasteiger partial charge in [-0.1, -0.05) is 6.92 Å². The van der Waals surface area contributed by atoms with Gasteiger partial charge in [-0.2, -0.15) is 0 Å². The van der Waals surface area contributed by atoms with Crippen molar-refractivity contribution in [3.8, 4) is 5.75 Å². The Morgan fingerprint density at radius 1 is 1.32 bits per heavy atom. The molecular weight excluding hydrogens is 342 g/mol. The van der Waals surface area contributed by atoms with Gasteiger partial charge in [-0.25, -0.2) is 13.2 Å². The van der Waals surface area contributed by atoms with E-state index in [4.69, 9.17) is 9.15 Å². The Balaban J connectivity index is 1.76. The molecular formula is C18H21NO5S. The van der Waals surface area contributed by atoms with Crippen molar-refractivity contribution in [1.29, 1.82) is 0 Å². The number of fused-ring (bicyclic) bond motifs is 2. The predicted octanol–water partition coefficient (Wildman–Crippen LogP) is 2.00. The third-order valence-electron chi connectivity index (χ3n) is 5.23. The van der Waals surface area contributed by atoms with Gasteiger partial charge in [0.15, 0.2) is 9.84 Å². The quantitative estimate of drug-likeness (QED) is 0.760. The minimum atomic E-state index is -2.93. The maximum atomic E-state index is 11.8. The van der Waals surface area contributed by atoms with E-state index < -0.39 is 9.84 Å². The van der Waals surface area contributed by atoms with E-state index in [-0.39, 0.29) is 23.2 Å². The number of hydrogen-bond acceptors (Lipinski definition) is 6. The van der Waals surface area contributed by atoms with Crippen LogP contribution in [0.2, 0.25) is 0 Å². The van der Waals surface area contributed by atoms with Crippen LogP contribution in [0.3, 0.4) is 0 Å². The first-order valence-corrected chi connectivity index (χ1v) is 10.4. The fourth-order valence-corrected chi connectivity index (χ4v) is 5.65. The topological polar surface area (TPSA) is 76.8 Å². The van der Waals surface area contributed by atoms with Crippen LogP contribution in [0, 0.1) is 6.92 Å². The fourth-order valence-electron chi connectivity index (χ4n) is 3.89. The second kappa shape index (κ2) is 5.85. The molecule has 2 aliphatic rings. The second-order valence-electron chi connectivity index (χ2n) is 6.89. The summed E-state index contributed by atoms with van der Waals surface area (Å²) in [5.74, 6) is 1.21. The molecule has 1 saturated heterocycles. The average Bonchev–Trinajstić information content (AvgIpc) is 2.95. The van der Waals surface area contributed by atoms with E-state index in [0.29, 0.717) is 25.3 Å². The molecule has 7 heteroatoms. The average molecular weight is 363 g/mol. The summed E-state index contributed by atoms with van der Waals surface area (Å²) in [4.78, 5) is 13.9. The number of sulfone groups is 1. The van der Waals surface area contributed by atoms with Gasteiger partial charge in [-0.3, -0.25) is 4.90 Å². The molecule has 0 unspecified atom stereocenters. The van der Waals surface area contributed by atoms with E-state index >= 15 is 0 Å². The maximum absolute atomic E-state index is 11.8. The Morgan fingerprint density at radius 2 is 2.12 bits per heavy atom. The zero-order chi connectivity index (χ0) is 17.8. The summed E-state index contributed by atoms with van der Waals surface area (Å²) in [6.45, 7) is 4.92. The lowest BCUT2D eigenvalue weighted by atomic mass is 9.99. The Bertz CT molecular complexity index is 1010. The second-order valence-corrected chi connectivity index (χ2v) is 9.12. The van der Waals surface area contributed by atoms with E-state index in [1.54, 1.807) is 6.07 Å². The number of aryl methyl sites for hydroxylation is 2. The number of benzene rings is 1. The first kappa shape index (κ1) is 16.6. The standard InChI is InChI=1S/C18H21NO5S/c1-3-12-7-16(20)24-18-11(2)17-13(6-15(12)18)8-19(10-23-17)14-4-5-25(21,22)9-14/h6-7,14H,3-5,8-10H2,1-2H3/t14-/m1/s1. The monoisotopic (exact) mass is 363 g/mol. The molecule has 0 saturated carbocycles. The van der Waals surface area contributed by atoms with Crippen LogP contribution in [0.4, 0.5) is 0 Å². The highest BCUT2D eigenvalue weighted by atomic mass is 32.2. The van der Waals surface area contributed by atoms with Crippen molar-refractivity contribution in [2.24, 2.45) is 0 Å². The van der Waals surface area contributed by atoms with Crippen molar-refractivity contribution in [2.45, 2.75) is 39.3 Å². The van der Waals surface area contributed by atoms with E-state index in [9.17, 15) is 13.2 Å². The molecule has 1 atom stereocenters. The highest BCUT2D eigenvalue weighted by Gasteiger charge is 2.35. The van der Waals surface area contributed by atoms with Gasteiger partial charge in [0.25, 0.3) is 0 Å². The third kappa shape index (κ3) is 2.85. The van der Waals surface area contributed by atoms with Gasteiger partial charge in [-0.15, -0.1) is 0 Å². The molecule has 1 aromatic heterocycles. The van der Waals surface area contributed by atoms with Gasteiger partial charge in [0.2, 0.25) is 0 Å². The number of nitrogens with zero attached hydrogens (tertiary/aromatic N) is 1. The molecule has 4 rings (SSSR count). The highest BCUT2D eigenvalue weighted by molar-refractivity contribution is 7.91. The summed E-state index contributed by atoms with van der Waals surface area (Å²) < 4.78 is 34.9. The van der Waals surface area contributed by atoms with Crippen molar-refractivity contribution in [3.63, 3.8) is 0 Å². The van der Waals surface area contributed by atoms with Crippen LogP contribution in [0.5, 0.6) is 5.75 Å². The van der Waals surface area contributed by atoms with Gasteiger partial charge in [0.1, 0.15) is 18.1 Å². The van der Waals surface area contributed by atoms with Crippen LogP contribution in [-0.4, -0.2) is 37.6 Å². The molecule has 25 heavy (non-hydrogen) atoms. The molecule has 2 aliphatic heterocycles. The van der Waals surface area contributed by atoms with Gasteiger partial charge in [0.05, 0.1) is 11.5 Å². The van der Waals surface area contributed by atoms with Gasteiger partial charge in [-0.05, 0) is 31.4 Å². The SMILES string of the molecule is CCc1cc(=O)oc2c(C)c3c(cc12)CN([C@@H]1CCS(=O)(=O)C1)CO3. The summed E-state index contributed by atoms with van der Waals surface area (Å²) in [5, 5.41) is 0.933. The van der Waals surface area contributed by atoms with Crippen LogP contribution in [0.15, 0.2) is 21.3 Å². The largest absolute Gasteiger partial charge is 0.477 e. The Labute approximate surface area is 146 Å². The normalized spacial score (nSPS) is 22.7. The van der Waals surface area contributed by atoms with E-state index in [1.165, 1.54) is 0 Å². The minimum absolute atomic E-state index is 0.00787. The molecule has 0 amide bonds. The maximum Gasteiger partial charge on any atom is 0.336 e. The lowest BCUT2D eigenvalue weighted by Crippen LogP contribution is -2.41. The summed E-state index contributed by atoms with van der Waals surface area (Å²) in [5.41, 5.74) is 3.04. The van der Waals surface area contributed by atoms with Crippen molar-refractivity contribution >= 4 is 20.8 Å². The molecule has 0 radical (unpaired) electrons. The van der Waals surface area contributed by atoms with Crippen molar-refractivity contribution in [3.05, 3.63) is 39.2 Å². The summed E-state index contributed by atoms with van der Waals surface area (Å²) in [7, 11) is -2.93. The Hall–Kier alpha value is -1.86. The van der Waals surface area contributed by atoms with Crippen LogP contribution < -0.4 is 10.4 Å². The predicted molar refractivity (Wildman–Crippen MR) is 94.7 cm³/mol. The molecule has 3 heterocycles. The van der Waals surface area contributed by atoms with E-state index in [1.807, 2.05) is 19.9 Å². The number of hydrogen-bond donors (Lipinski definition) is 0. The highest BCUT2D eigenvalue weighted by Crippen LogP contribution is 2.37. The van der Waals surface area contributed by atoms with Crippen LogP contribution in [0.25, 0.3) is 11.0 Å². The molecule has 6 nitrogen and oxygen atoms in total. The van der Waals surface area contributed by atoms with Gasteiger partial charge >= 0.3 is 5.63 Å². The smallest absolute Gasteiger partial charge is 0.336 e. The molecule has 0 bridgehead atoms. The first-order valence-electron chi connectivity index (χ1n) is 8.54. The molecule has 1 aromatic carbocycles. The zero-order valence-electron chi connectivity index (χ0n) is 14.4. The van der Waals surface area contributed by atoms with Crippen molar-refractivity contribution < 1.29 is 17.6 Å². The van der Waals surface area contributed by atoms with Crippen LogP contribution >= 0.6 is 0 Å². The molecule has 1 fully saturated rings. The van der Waals surface area contributed by atoms with Gasteiger partial charge in [0, 0.05) is 35.2 Å². The molecule has 0 spiro atoms. The molecule has 134 valence electrons. The lowest BCUT2D eigenvalue weighted by molar-refractivity contribution is 0.0641. The Morgan fingerprint density at radius 3 is 2.80 bits per heavy atom. The van der Waals surface area contributed by atoms with E-state index in [0.717, 1.165) is 34.2 Å². The lowest BCUT2D eigenvalue weighted by Gasteiger charge is -2.33. The van der Waals surface area contributed by atoms with Crippen molar-refractivity contribution in [2.75, 3.05) is 18.2 Å². The molecule has 0 N–H and O–H groups in total.